The van der Waals surface area contributed by atoms with Crippen LogP contribution < -0.4 is 41.3 Å². The van der Waals surface area contributed by atoms with E-state index in [9.17, 15) is 19.2 Å². The minimum absolute atomic E-state index is 0.302. The van der Waals surface area contributed by atoms with Crippen LogP contribution in [-0.2, 0) is 0 Å². The molecule has 8 nitrogen and oxygen atoms in total. The van der Waals surface area contributed by atoms with Gasteiger partial charge in [0.15, 0.2) is 0 Å². The molecule has 0 aliphatic carbocycles. The fourth-order valence-electron chi connectivity index (χ4n) is 4.71. The van der Waals surface area contributed by atoms with Crippen molar-refractivity contribution in [2.24, 2.45) is 10.8 Å². The molecular formula is C31H54N4O4. The molecule has 0 radical (unpaired) electrons. The minimum atomic E-state index is -0.345. The van der Waals surface area contributed by atoms with Crippen LogP contribution >= 0.6 is 0 Å². The van der Waals surface area contributed by atoms with Crippen molar-refractivity contribution in [1.82, 2.24) is 0 Å². The van der Waals surface area contributed by atoms with E-state index in [2.05, 4.69) is 41.5 Å². The van der Waals surface area contributed by atoms with Gasteiger partial charge in [-0.25, -0.2) is 0 Å². The van der Waals surface area contributed by atoms with E-state index in [-0.39, 0.29) is 21.7 Å². The number of nitrogens with zero attached hydrogens (tertiary/aromatic N) is 4. The van der Waals surface area contributed by atoms with Gasteiger partial charge in [0.2, 0.25) is 0 Å². The number of hydrogen-bond donors (Lipinski definition) is 0. The van der Waals surface area contributed by atoms with Crippen LogP contribution in [0, 0.1) is 10.8 Å². The molecule has 2 rings (SSSR count). The average molecular weight is 547 g/mol. The van der Waals surface area contributed by atoms with Crippen LogP contribution in [0.4, 0.5) is 22.7 Å². The van der Waals surface area contributed by atoms with Crippen molar-refractivity contribution in [2.45, 2.75) is 88.0 Å². The summed E-state index contributed by atoms with van der Waals surface area (Å²) in [7, 11) is 5.65. The van der Waals surface area contributed by atoms with E-state index < -0.39 is 0 Å². The Labute approximate surface area is 236 Å². The Kier molecular flexibility index (Phi) is 12.5. The van der Waals surface area contributed by atoms with E-state index in [0.717, 1.165) is 58.4 Å². The monoisotopic (exact) mass is 546 g/mol. The van der Waals surface area contributed by atoms with Crippen LogP contribution in [0.5, 0.6) is 0 Å². The first kappa shape index (κ1) is 34.4. The molecule has 0 aromatic heterocycles. The number of anilines is 4. The van der Waals surface area contributed by atoms with Gasteiger partial charge in [0, 0.05) is 53.9 Å². The Hall–Kier alpha value is -2.64. The molecule has 0 bridgehead atoms. The fraction of sp³-hybridized carbons (Fsp3) is 0.742. The summed E-state index contributed by atoms with van der Waals surface area (Å²) in [6, 6.07) is 0. The van der Waals surface area contributed by atoms with Crippen molar-refractivity contribution in [1.29, 1.82) is 0 Å². The third-order valence-corrected chi connectivity index (χ3v) is 7.26. The van der Waals surface area contributed by atoms with Crippen LogP contribution in [-0.4, -0.2) is 53.9 Å². The van der Waals surface area contributed by atoms with Crippen molar-refractivity contribution < 1.29 is 0 Å². The van der Waals surface area contributed by atoms with Gasteiger partial charge in [0.25, 0.3) is 21.7 Å². The van der Waals surface area contributed by atoms with Crippen molar-refractivity contribution in [3.8, 4) is 0 Å². The van der Waals surface area contributed by atoms with Gasteiger partial charge in [0.05, 0.1) is 0 Å². The summed E-state index contributed by atoms with van der Waals surface area (Å²) in [6.07, 6.45) is 4.25. The molecule has 0 amide bonds. The molecule has 8 heteroatoms. The van der Waals surface area contributed by atoms with E-state index in [1.54, 1.807) is 0 Å². The van der Waals surface area contributed by atoms with Gasteiger partial charge in [-0.2, -0.15) is 0 Å². The molecule has 2 aromatic carbocycles. The van der Waals surface area contributed by atoms with Crippen LogP contribution in [0.1, 0.15) is 88.0 Å². The SMILES string of the molecule is CCN(C)c1c(N(C)CCCC(C)(C)C)c(=O)c1=O.CCN(CC)c1c(N(C)CCCC(C)(C)C)c(=O)c1=O. The van der Waals surface area contributed by atoms with Crippen molar-refractivity contribution in [2.75, 3.05) is 73.5 Å². The zero-order chi connectivity index (χ0) is 30.3. The highest BCUT2D eigenvalue weighted by Crippen LogP contribution is 2.26. The highest BCUT2D eigenvalue weighted by atomic mass is 16.2. The van der Waals surface area contributed by atoms with Gasteiger partial charge in [-0.1, -0.05) is 41.5 Å². The molecule has 0 fully saturated rings. The molecule has 2 aromatic rings. The van der Waals surface area contributed by atoms with Crippen LogP contribution in [0.2, 0.25) is 0 Å². The van der Waals surface area contributed by atoms with Crippen LogP contribution in [0.15, 0.2) is 19.2 Å². The summed E-state index contributed by atoms with van der Waals surface area (Å²) < 4.78 is 0. The van der Waals surface area contributed by atoms with Crippen LogP contribution in [0.3, 0.4) is 0 Å². The molecule has 0 unspecified atom stereocenters. The highest BCUT2D eigenvalue weighted by Gasteiger charge is 2.28. The summed E-state index contributed by atoms with van der Waals surface area (Å²) in [5, 5.41) is 0. The molecule has 39 heavy (non-hydrogen) atoms. The molecule has 0 aliphatic heterocycles. The first-order valence-corrected chi connectivity index (χ1v) is 14.5. The predicted octanol–water partition coefficient (Wildman–Crippen LogP) is 4.39. The maximum absolute atomic E-state index is 11.8. The molecule has 0 saturated heterocycles. The Morgan fingerprint density at radius 2 is 0.795 bits per heavy atom. The lowest BCUT2D eigenvalue weighted by molar-refractivity contribution is 0.367. The quantitative estimate of drug-likeness (QED) is 0.342. The van der Waals surface area contributed by atoms with Gasteiger partial charge in [-0.3, -0.25) is 19.2 Å². The Balaban J connectivity index is 0.000000391. The molecule has 0 saturated carbocycles. The normalized spacial score (nSPS) is 11.9. The van der Waals surface area contributed by atoms with E-state index in [1.165, 1.54) is 0 Å². The third kappa shape index (κ3) is 9.21. The summed E-state index contributed by atoms with van der Waals surface area (Å²) in [6.45, 7) is 23.1. The molecule has 0 atom stereocenters. The van der Waals surface area contributed by atoms with Gasteiger partial charge in [-0.05, 0) is 57.3 Å². The number of hydrogen-bond acceptors (Lipinski definition) is 8. The molecule has 0 heterocycles. The average Bonchev–Trinajstić information content (AvgIpc) is 2.84. The minimum Gasteiger partial charge on any atom is -0.370 e. The first-order chi connectivity index (χ1) is 17.9. The van der Waals surface area contributed by atoms with E-state index >= 15 is 0 Å². The van der Waals surface area contributed by atoms with Crippen molar-refractivity contribution in [3.05, 3.63) is 40.9 Å². The molecule has 0 spiro atoms. The van der Waals surface area contributed by atoms with Gasteiger partial charge < -0.3 is 19.6 Å². The van der Waals surface area contributed by atoms with Gasteiger partial charge in [-0.15, -0.1) is 0 Å². The lowest BCUT2D eigenvalue weighted by atomic mass is 9.90. The second-order valence-corrected chi connectivity index (χ2v) is 13.1. The Morgan fingerprint density at radius 1 is 0.487 bits per heavy atom. The van der Waals surface area contributed by atoms with Crippen molar-refractivity contribution >= 4 is 22.7 Å². The van der Waals surface area contributed by atoms with E-state index in [4.69, 9.17) is 0 Å². The topological polar surface area (TPSA) is 81.2 Å². The van der Waals surface area contributed by atoms with Gasteiger partial charge in [0.1, 0.15) is 22.7 Å². The molecular weight excluding hydrogens is 492 g/mol. The zero-order valence-electron chi connectivity index (χ0n) is 26.8. The smallest absolute Gasteiger partial charge is 0.253 e. The maximum atomic E-state index is 11.8. The standard InChI is InChI=1S/C16H28N2O2.C15H26N2O2/c1-7-18(8-2)13-12(14(19)15(13)20)17(6)11-9-10-16(3,4)5;1-7-16(5)11-12(14(19)13(11)18)17(6)10-8-9-15(2,3)4/h7-11H2,1-6H3;7-10H2,1-6H3. The summed E-state index contributed by atoms with van der Waals surface area (Å²) >= 11 is 0. The zero-order valence-corrected chi connectivity index (χ0v) is 26.8. The number of rotatable bonds is 13. The first-order valence-electron chi connectivity index (χ1n) is 14.5. The van der Waals surface area contributed by atoms with Gasteiger partial charge >= 0.3 is 0 Å². The lowest BCUT2D eigenvalue weighted by Crippen LogP contribution is -2.45. The maximum Gasteiger partial charge on any atom is 0.253 e. The molecule has 222 valence electrons. The largest absolute Gasteiger partial charge is 0.370 e. The van der Waals surface area contributed by atoms with E-state index in [0.29, 0.717) is 33.6 Å². The molecule has 0 N–H and O–H groups in total. The van der Waals surface area contributed by atoms with E-state index in [1.807, 2.05) is 61.5 Å². The second kappa shape index (κ2) is 14.1. The highest BCUT2D eigenvalue weighted by molar-refractivity contribution is 5.76. The Morgan fingerprint density at radius 3 is 1.10 bits per heavy atom. The summed E-state index contributed by atoms with van der Waals surface area (Å²) in [5.41, 5.74) is 1.64. The van der Waals surface area contributed by atoms with Crippen LogP contribution in [0.25, 0.3) is 0 Å². The lowest BCUT2D eigenvalue weighted by Gasteiger charge is -2.30. The summed E-state index contributed by atoms with van der Waals surface area (Å²) in [5.74, 6) is 0. The fourth-order valence-corrected chi connectivity index (χ4v) is 4.71. The Bertz CT molecular complexity index is 1180. The third-order valence-electron chi connectivity index (χ3n) is 7.26. The van der Waals surface area contributed by atoms with Crippen molar-refractivity contribution in [3.63, 3.8) is 0 Å². The molecule has 0 aliphatic rings. The predicted molar refractivity (Wildman–Crippen MR) is 169 cm³/mol. The summed E-state index contributed by atoms with van der Waals surface area (Å²) in [4.78, 5) is 54.7. The second-order valence-electron chi connectivity index (χ2n) is 13.1.